The average Bonchev–Trinajstić information content (AvgIpc) is 2.28. The molecule has 16 heavy (non-hydrogen) atoms. The summed E-state index contributed by atoms with van der Waals surface area (Å²) in [6.45, 7) is 1.98. The molecule has 0 N–H and O–H groups in total. The first kappa shape index (κ1) is 12.4. The van der Waals surface area contributed by atoms with E-state index >= 15 is 0 Å². The highest BCUT2D eigenvalue weighted by Crippen LogP contribution is 2.13. The van der Waals surface area contributed by atoms with Gasteiger partial charge in [-0.05, 0) is 37.1 Å². The Morgan fingerprint density at radius 3 is 2.88 bits per heavy atom. The molecular weight excluding hydrogens is 211 g/mol. The van der Waals surface area contributed by atoms with Crippen LogP contribution in [0.2, 0.25) is 0 Å². The lowest BCUT2D eigenvalue weighted by atomic mass is 10.1. The number of hydrogen-bond donors (Lipinski definition) is 0. The van der Waals surface area contributed by atoms with Crippen molar-refractivity contribution in [2.24, 2.45) is 0 Å². The third-order valence-corrected chi connectivity index (χ3v) is 2.09. The van der Waals surface area contributed by atoms with Crippen molar-refractivity contribution in [1.29, 1.82) is 0 Å². The largest absolute Gasteiger partial charge is 0.462 e. The Hall–Kier alpha value is -1.71. The molecule has 0 saturated carbocycles. The maximum Gasteiger partial charge on any atom is 0.338 e. The van der Waals surface area contributed by atoms with E-state index in [1.807, 2.05) is 0 Å². The van der Waals surface area contributed by atoms with Crippen LogP contribution in [0.5, 0.6) is 0 Å². The highest BCUT2D eigenvalue weighted by atomic mass is 19.1. The molecule has 1 rings (SSSR count). The third-order valence-electron chi connectivity index (χ3n) is 2.09. The van der Waals surface area contributed by atoms with Gasteiger partial charge in [-0.15, -0.1) is 0 Å². The van der Waals surface area contributed by atoms with Gasteiger partial charge in [-0.1, -0.05) is 0 Å². The van der Waals surface area contributed by atoms with Crippen LogP contribution in [0.25, 0.3) is 0 Å². The SMILES string of the molecule is CCOC(=O)c1ccc(F)c(CCC=O)c1. The second kappa shape index (κ2) is 6.00. The van der Waals surface area contributed by atoms with Gasteiger partial charge in [-0.25, -0.2) is 9.18 Å². The van der Waals surface area contributed by atoms with E-state index in [-0.39, 0.29) is 13.0 Å². The molecule has 0 aliphatic heterocycles. The topological polar surface area (TPSA) is 43.4 Å². The number of halogens is 1. The van der Waals surface area contributed by atoms with Gasteiger partial charge in [0.15, 0.2) is 0 Å². The number of aryl methyl sites for hydroxylation is 1. The van der Waals surface area contributed by atoms with Crippen molar-refractivity contribution in [3.05, 3.63) is 35.1 Å². The van der Waals surface area contributed by atoms with E-state index in [1.54, 1.807) is 6.92 Å². The Bertz CT molecular complexity index is 388. The molecule has 0 aliphatic carbocycles. The van der Waals surface area contributed by atoms with Gasteiger partial charge in [-0.2, -0.15) is 0 Å². The Morgan fingerprint density at radius 2 is 2.25 bits per heavy atom. The second-order valence-electron chi connectivity index (χ2n) is 3.23. The fourth-order valence-electron chi connectivity index (χ4n) is 1.32. The van der Waals surface area contributed by atoms with Crippen LogP contribution in [0.3, 0.4) is 0 Å². The van der Waals surface area contributed by atoms with E-state index in [1.165, 1.54) is 18.2 Å². The zero-order valence-electron chi connectivity index (χ0n) is 9.03. The zero-order valence-corrected chi connectivity index (χ0v) is 9.03. The molecule has 0 radical (unpaired) electrons. The first-order valence-electron chi connectivity index (χ1n) is 5.08. The minimum atomic E-state index is -0.477. The molecule has 1 aromatic rings. The maximum atomic E-state index is 13.3. The summed E-state index contributed by atoms with van der Waals surface area (Å²) in [5.74, 6) is -0.884. The van der Waals surface area contributed by atoms with Crippen LogP contribution in [-0.2, 0) is 16.0 Å². The summed E-state index contributed by atoms with van der Waals surface area (Å²) in [5, 5.41) is 0. The van der Waals surface area contributed by atoms with Gasteiger partial charge in [-0.3, -0.25) is 0 Å². The summed E-state index contributed by atoms with van der Waals surface area (Å²) in [6.07, 6.45) is 1.25. The Morgan fingerprint density at radius 1 is 1.50 bits per heavy atom. The molecule has 0 spiro atoms. The highest BCUT2D eigenvalue weighted by Gasteiger charge is 2.10. The quantitative estimate of drug-likeness (QED) is 0.568. The van der Waals surface area contributed by atoms with Gasteiger partial charge in [0.1, 0.15) is 12.1 Å². The van der Waals surface area contributed by atoms with E-state index in [4.69, 9.17) is 4.74 Å². The fraction of sp³-hybridized carbons (Fsp3) is 0.333. The molecule has 4 heteroatoms. The van der Waals surface area contributed by atoms with Gasteiger partial charge in [0, 0.05) is 6.42 Å². The van der Waals surface area contributed by atoms with Gasteiger partial charge >= 0.3 is 5.97 Å². The molecule has 0 bridgehead atoms. The van der Waals surface area contributed by atoms with Crippen LogP contribution >= 0.6 is 0 Å². The number of benzene rings is 1. The molecule has 3 nitrogen and oxygen atoms in total. The first-order chi connectivity index (χ1) is 7.69. The molecule has 0 unspecified atom stereocenters. The van der Waals surface area contributed by atoms with Crippen LogP contribution in [0.1, 0.15) is 29.3 Å². The number of hydrogen-bond acceptors (Lipinski definition) is 3. The standard InChI is InChI=1S/C12H13FO3/c1-2-16-12(15)10-5-6-11(13)9(8-10)4-3-7-14/h5-8H,2-4H2,1H3. The summed E-state index contributed by atoms with van der Waals surface area (Å²) in [7, 11) is 0. The lowest BCUT2D eigenvalue weighted by Crippen LogP contribution is -2.06. The summed E-state index contributed by atoms with van der Waals surface area (Å²) in [6, 6.07) is 4.01. The Balaban J connectivity index is 2.88. The molecule has 0 atom stereocenters. The molecule has 0 amide bonds. The monoisotopic (exact) mass is 224 g/mol. The van der Waals surface area contributed by atoms with Crippen LogP contribution in [0.15, 0.2) is 18.2 Å². The molecule has 86 valence electrons. The number of carbonyl (C=O) groups excluding carboxylic acids is 2. The van der Waals surface area contributed by atoms with E-state index in [9.17, 15) is 14.0 Å². The molecule has 0 aliphatic rings. The second-order valence-corrected chi connectivity index (χ2v) is 3.23. The van der Waals surface area contributed by atoms with E-state index in [0.717, 1.165) is 6.29 Å². The van der Waals surface area contributed by atoms with Crippen LogP contribution < -0.4 is 0 Å². The van der Waals surface area contributed by atoms with Crippen molar-refractivity contribution in [3.63, 3.8) is 0 Å². The minimum absolute atomic E-state index is 0.239. The molecule has 1 aromatic carbocycles. The van der Waals surface area contributed by atoms with E-state index in [0.29, 0.717) is 17.5 Å². The van der Waals surface area contributed by atoms with Crippen molar-refractivity contribution in [1.82, 2.24) is 0 Å². The summed E-state index contributed by atoms with van der Waals surface area (Å²) in [4.78, 5) is 21.6. The molecule has 0 aromatic heterocycles. The smallest absolute Gasteiger partial charge is 0.338 e. The van der Waals surface area contributed by atoms with Crippen molar-refractivity contribution >= 4 is 12.3 Å². The number of rotatable bonds is 5. The molecular formula is C12H13FO3. The number of ether oxygens (including phenoxy) is 1. The van der Waals surface area contributed by atoms with Crippen LogP contribution in [-0.4, -0.2) is 18.9 Å². The maximum absolute atomic E-state index is 13.3. The first-order valence-corrected chi connectivity index (χ1v) is 5.08. The van der Waals surface area contributed by atoms with Crippen molar-refractivity contribution in [3.8, 4) is 0 Å². The van der Waals surface area contributed by atoms with Gasteiger partial charge in [0.05, 0.1) is 12.2 Å². The number of carbonyl (C=O) groups is 2. The van der Waals surface area contributed by atoms with Gasteiger partial charge in [0.2, 0.25) is 0 Å². The lowest BCUT2D eigenvalue weighted by molar-refractivity contribution is -0.107. The number of aldehydes is 1. The highest BCUT2D eigenvalue weighted by molar-refractivity contribution is 5.89. The molecule has 0 heterocycles. The zero-order chi connectivity index (χ0) is 12.0. The summed E-state index contributed by atoms with van der Waals surface area (Å²) in [5.41, 5.74) is 0.668. The number of esters is 1. The van der Waals surface area contributed by atoms with Crippen LogP contribution in [0.4, 0.5) is 4.39 Å². The minimum Gasteiger partial charge on any atom is -0.462 e. The van der Waals surface area contributed by atoms with E-state index < -0.39 is 11.8 Å². The Labute approximate surface area is 93.2 Å². The normalized spacial score (nSPS) is 9.88. The van der Waals surface area contributed by atoms with Crippen molar-refractivity contribution in [2.45, 2.75) is 19.8 Å². The van der Waals surface area contributed by atoms with E-state index in [2.05, 4.69) is 0 Å². The fourth-order valence-corrected chi connectivity index (χ4v) is 1.32. The summed E-state index contributed by atoms with van der Waals surface area (Å²) >= 11 is 0. The van der Waals surface area contributed by atoms with Gasteiger partial charge < -0.3 is 9.53 Å². The summed E-state index contributed by atoms with van der Waals surface area (Å²) < 4.78 is 18.1. The van der Waals surface area contributed by atoms with Crippen molar-refractivity contribution in [2.75, 3.05) is 6.61 Å². The molecule has 0 fully saturated rings. The predicted octanol–water partition coefficient (Wildman–Crippen LogP) is 2.13. The van der Waals surface area contributed by atoms with Gasteiger partial charge in [0.25, 0.3) is 0 Å². The average molecular weight is 224 g/mol. The Kier molecular flexibility index (Phi) is 4.64. The van der Waals surface area contributed by atoms with Crippen LogP contribution in [0, 0.1) is 5.82 Å². The lowest BCUT2D eigenvalue weighted by Gasteiger charge is -2.05. The van der Waals surface area contributed by atoms with Crippen molar-refractivity contribution < 1.29 is 18.7 Å². The third kappa shape index (κ3) is 3.15. The predicted molar refractivity (Wildman–Crippen MR) is 56.7 cm³/mol. The molecule has 0 saturated heterocycles.